The first-order chi connectivity index (χ1) is 18.7. The van der Waals surface area contributed by atoms with Crippen LogP contribution in [0.5, 0.6) is 0 Å². The van der Waals surface area contributed by atoms with Crippen molar-refractivity contribution in [1.29, 1.82) is 0 Å². The van der Waals surface area contributed by atoms with Gasteiger partial charge in [0.25, 0.3) is 11.8 Å². The normalized spacial score (nSPS) is 11.9. The van der Waals surface area contributed by atoms with E-state index in [1.54, 1.807) is 74.8 Å². The number of carboxylic acid groups (broad SMARTS) is 1. The molecule has 1 atom stereocenters. The number of carboxylic acids is 1. The van der Waals surface area contributed by atoms with Gasteiger partial charge in [-0.15, -0.1) is 11.3 Å². The van der Waals surface area contributed by atoms with Crippen LogP contribution in [0, 0.1) is 6.92 Å². The predicted octanol–water partition coefficient (Wildman–Crippen LogP) is 4.04. The van der Waals surface area contributed by atoms with Crippen LogP contribution in [-0.2, 0) is 11.3 Å². The van der Waals surface area contributed by atoms with Crippen molar-refractivity contribution in [3.05, 3.63) is 83.2 Å². The van der Waals surface area contributed by atoms with Crippen LogP contribution < -0.4 is 10.2 Å². The van der Waals surface area contributed by atoms with Crippen LogP contribution in [0.15, 0.2) is 71.3 Å². The standard InChI is InChI=1S/C27H23N5O6S/c1-15-28-13-21(38-15)22-10-11-23(39-22)24(34)30-27-29-18-12-17(31(2)25(35)16-6-4-3-5-7-16)8-9-19(18)32(27)14-20(33)26(36)37/h3-13,20,33H,14H2,1-2H3,(H,36,37)(H,29,30,34). The van der Waals surface area contributed by atoms with E-state index < -0.39 is 18.0 Å². The molecule has 0 aliphatic heterocycles. The minimum Gasteiger partial charge on any atom is -0.479 e. The van der Waals surface area contributed by atoms with Gasteiger partial charge in [0.05, 0.1) is 33.5 Å². The Balaban J connectivity index is 1.46. The highest BCUT2D eigenvalue weighted by Gasteiger charge is 2.23. The Morgan fingerprint density at radius 2 is 1.90 bits per heavy atom. The van der Waals surface area contributed by atoms with E-state index in [1.165, 1.54) is 20.8 Å². The quantitative estimate of drug-likeness (QED) is 0.264. The lowest BCUT2D eigenvalue weighted by molar-refractivity contribution is -0.147. The number of aliphatic hydroxyl groups is 1. The minimum absolute atomic E-state index is 0.0509. The van der Waals surface area contributed by atoms with E-state index in [0.29, 0.717) is 43.7 Å². The van der Waals surface area contributed by atoms with Gasteiger partial charge in [0.1, 0.15) is 0 Å². The number of rotatable bonds is 8. The molecule has 3 heterocycles. The molecule has 0 spiro atoms. The number of carbonyl (C=O) groups is 3. The number of aromatic nitrogens is 3. The molecule has 0 bridgehead atoms. The Hall–Kier alpha value is -4.81. The van der Waals surface area contributed by atoms with Crippen molar-refractivity contribution in [3.63, 3.8) is 0 Å². The van der Waals surface area contributed by atoms with Gasteiger partial charge in [-0.3, -0.25) is 14.9 Å². The van der Waals surface area contributed by atoms with Crippen LogP contribution in [0.1, 0.15) is 25.9 Å². The Morgan fingerprint density at radius 3 is 2.59 bits per heavy atom. The number of aliphatic hydroxyl groups excluding tert-OH is 1. The summed E-state index contributed by atoms with van der Waals surface area (Å²) in [5.41, 5.74) is 1.93. The number of thiophene rings is 1. The van der Waals surface area contributed by atoms with E-state index in [9.17, 15) is 24.6 Å². The van der Waals surface area contributed by atoms with Gasteiger partial charge >= 0.3 is 5.97 Å². The van der Waals surface area contributed by atoms with Gasteiger partial charge in [-0.05, 0) is 42.5 Å². The van der Waals surface area contributed by atoms with E-state index in [-0.39, 0.29) is 18.4 Å². The van der Waals surface area contributed by atoms with Gasteiger partial charge in [-0.25, -0.2) is 14.8 Å². The number of imidazole rings is 1. The lowest BCUT2D eigenvalue weighted by atomic mass is 10.2. The van der Waals surface area contributed by atoms with Gasteiger partial charge in [0.2, 0.25) is 5.95 Å². The number of nitrogens with zero attached hydrogens (tertiary/aromatic N) is 4. The minimum atomic E-state index is -1.73. The number of hydrogen-bond acceptors (Lipinski definition) is 8. The smallest absolute Gasteiger partial charge is 0.334 e. The summed E-state index contributed by atoms with van der Waals surface area (Å²) in [5, 5.41) is 22.1. The maximum Gasteiger partial charge on any atom is 0.334 e. The fourth-order valence-electron chi connectivity index (χ4n) is 3.98. The number of anilines is 2. The molecule has 1 unspecified atom stereocenters. The van der Waals surface area contributed by atoms with Crippen LogP contribution >= 0.6 is 11.3 Å². The van der Waals surface area contributed by atoms with Crippen LogP contribution in [0.4, 0.5) is 11.6 Å². The van der Waals surface area contributed by atoms with Crippen molar-refractivity contribution >= 4 is 51.8 Å². The molecule has 198 valence electrons. The Morgan fingerprint density at radius 1 is 1.13 bits per heavy atom. The monoisotopic (exact) mass is 545 g/mol. The lowest BCUT2D eigenvalue weighted by Crippen LogP contribution is -2.27. The average Bonchev–Trinajstić information content (AvgIpc) is 3.67. The maximum absolute atomic E-state index is 13.1. The molecular weight excluding hydrogens is 522 g/mol. The number of fused-ring (bicyclic) bond motifs is 1. The lowest BCUT2D eigenvalue weighted by Gasteiger charge is -2.17. The zero-order valence-corrected chi connectivity index (χ0v) is 21.7. The Labute approximate surface area is 226 Å². The third-order valence-electron chi connectivity index (χ3n) is 6.00. The van der Waals surface area contributed by atoms with Gasteiger partial charge in [0, 0.05) is 25.2 Å². The number of oxazole rings is 1. The molecule has 5 aromatic rings. The fourth-order valence-corrected chi connectivity index (χ4v) is 4.83. The Kier molecular flexibility index (Phi) is 6.96. The number of nitrogens with one attached hydrogen (secondary N) is 1. The first kappa shape index (κ1) is 25.8. The number of aryl methyl sites for hydroxylation is 1. The van der Waals surface area contributed by atoms with Crippen LogP contribution in [0.2, 0.25) is 0 Å². The fraction of sp³-hybridized carbons (Fsp3) is 0.148. The molecule has 0 fully saturated rings. The van der Waals surface area contributed by atoms with E-state index in [0.717, 1.165) is 0 Å². The SMILES string of the molecule is Cc1ncc(-c2ccc(C(=O)Nc3nc4cc(N(C)C(=O)c5ccccc5)ccc4n3CC(O)C(=O)O)s2)o1. The number of aliphatic carboxylic acids is 1. The summed E-state index contributed by atoms with van der Waals surface area (Å²) < 4.78 is 6.94. The number of amides is 2. The van der Waals surface area contributed by atoms with Crippen molar-refractivity contribution in [2.75, 3.05) is 17.3 Å². The topological polar surface area (TPSA) is 151 Å². The summed E-state index contributed by atoms with van der Waals surface area (Å²) in [7, 11) is 1.63. The summed E-state index contributed by atoms with van der Waals surface area (Å²) in [6.45, 7) is 1.37. The van der Waals surface area contributed by atoms with E-state index in [1.807, 2.05) is 6.07 Å². The molecule has 2 amide bonds. The van der Waals surface area contributed by atoms with Gasteiger partial charge in [-0.1, -0.05) is 18.2 Å². The molecule has 3 N–H and O–H groups in total. The summed E-state index contributed by atoms with van der Waals surface area (Å²) in [6, 6.07) is 17.2. The molecular formula is C27H23N5O6S. The van der Waals surface area contributed by atoms with E-state index in [4.69, 9.17) is 4.42 Å². The molecule has 5 rings (SSSR count). The summed E-state index contributed by atoms with van der Waals surface area (Å²) in [4.78, 5) is 48.5. The third kappa shape index (κ3) is 5.28. The zero-order valence-electron chi connectivity index (χ0n) is 20.9. The van der Waals surface area contributed by atoms with Crippen molar-refractivity contribution in [2.45, 2.75) is 19.6 Å². The highest BCUT2D eigenvalue weighted by molar-refractivity contribution is 7.17. The second-order valence-corrected chi connectivity index (χ2v) is 9.75. The van der Waals surface area contributed by atoms with Crippen molar-refractivity contribution in [3.8, 4) is 10.6 Å². The molecule has 0 saturated carbocycles. The van der Waals surface area contributed by atoms with Crippen molar-refractivity contribution in [2.24, 2.45) is 0 Å². The molecule has 0 radical (unpaired) electrons. The maximum atomic E-state index is 13.1. The van der Waals surface area contributed by atoms with Crippen molar-refractivity contribution < 1.29 is 29.0 Å². The largest absolute Gasteiger partial charge is 0.479 e. The molecule has 0 aliphatic rings. The van der Waals surface area contributed by atoms with Gasteiger partial charge in [0.15, 0.2) is 17.8 Å². The number of carbonyl (C=O) groups excluding carboxylic acids is 2. The van der Waals surface area contributed by atoms with Gasteiger partial charge < -0.3 is 24.1 Å². The van der Waals surface area contributed by atoms with E-state index in [2.05, 4.69) is 15.3 Å². The van der Waals surface area contributed by atoms with Crippen LogP contribution in [0.25, 0.3) is 21.7 Å². The number of benzene rings is 2. The molecule has 39 heavy (non-hydrogen) atoms. The molecule has 0 aliphatic carbocycles. The van der Waals surface area contributed by atoms with Crippen LogP contribution in [-0.4, -0.2) is 55.7 Å². The zero-order chi connectivity index (χ0) is 27.7. The highest BCUT2D eigenvalue weighted by Crippen LogP contribution is 2.30. The summed E-state index contributed by atoms with van der Waals surface area (Å²) in [5.74, 6) is -1.01. The molecule has 0 saturated heterocycles. The van der Waals surface area contributed by atoms with Gasteiger partial charge in [-0.2, -0.15) is 0 Å². The van der Waals surface area contributed by atoms with E-state index >= 15 is 0 Å². The first-order valence-corrected chi connectivity index (χ1v) is 12.6. The predicted molar refractivity (Wildman–Crippen MR) is 145 cm³/mol. The first-order valence-electron chi connectivity index (χ1n) is 11.8. The summed E-state index contributed by atoms with van der Waals surface area (Å²) >= 11 is 1.20. The Bertz CT molecular complexity index is 1690. The second kappa shape index (κ2) is 10.5. The molecule has 2 aromatic carbocycles. The number of hydrogen-bond donors (Lipinski definition) is 3. The summed E-state index contributed by atoms with van der Waals surface area (Å²) in [6.07, 6.45) is -0.157. The third-order valence-corrected chi connectivity index (χ3v) is 7.10. The molecule has 3 aromatic heterocycles. The highest BCUT2D eigenvalue weighted by atomic mass is 32.1. The molecule has 12 heteroatoms. The van der Waals surface area contributed by atoms with Crippen LogP contribution in [0.3, 0.4) is 0 Å². The van der Waals surface area contributed by atoms with Crippen molar-refractivity contribution in [1.82, 2.24) is 14.5 Å². The molecule has 11 nitrogen and oxygen atoms in total. The second-order valence-electron chi connectivity index (χ2n) is 8.66. The average molecular weight is 546 g/mol.